The Labute approximate surface area is 102 Å². The summed E-state index contributed by atoms with van der Waals surface area (Å²) in [6.07, 6.45) is 2.05. The van der Waals surface area contributed by atoms with Crippen molar-refractivity contribution in [1.82, 2.24) is 5.32 Å². The van der Waals surface area contributed by atoms with E-state index in [-0.39, 0.29) is 22.9 Å². The molecule has 0 radical (unpaired) electrons. The molecule has 1 amide bonds. The van der Waals surface area contributed by atoms with E-state index in [2.05, 4.69) is 19.2 Å². The number of amides is 1. The van der Waals surface area contributed by atoms with Crippen LogP contribution in [0.3, 0.4) is 0 Å². The van der Waals surface area contributed by atoms with E-state index >= 15 is 0 Å². The van der Waals surface area contributed by atoms with Crippen molar-refractivity contribution in [3.8, 4) is 5.75 Å². The molecule has 0 aliphatic carbocycles. The zero-order valence-corrected chi connectivity index (χ0v) is 10.4. The lowest BCUT2D eigenvalue weighted by atomic mass is 10.0. The third-order valence-electron chi connectivity index (χ3n) is 3.02. The van der Waals surface area contributed by atoms with E-state index in [0.29, 0.717) is 12.5 Å². The van der Waals surface area contributed by atoms with Gasteiger partial charge in [0, 0.05) is 6.54 Å². The summed E-state index contributed by atoms with van der Waals surface area (Å²) in [4.78, 5) is 11.8. The molecule has 0 aliphatic rings. The highest BCUT2D eigenvalue weighted by Gasteiger charge is 2.13. The number of para-hydroxylation sites is 1. The van der Waals surface area contributed by atoms with Gasteiger partial charge in [0.25, 0.3) is 5.91 Å². The van der Waals surface area contributed by atoms with E-state index in [1.807, 2.05) is 0 Å². The Morgan fingerprint density at radius 3 is 2.65 bits per heavy atom. The van der Waals surface area contributed by atoms with Crippen molar-refractivity contribution in [3.05, 3.63) is 23.8 Å². The van der Waals surface area contributed by atoms with Gasteiger partial charge in [0.2, 0.25) is 0 Å². The van der Waals surface area contributed by atoms with Crippen molar-refractivity contribution < 1.29 is 9.90 Å². The number of nitrogens with one attached hydrogen (secondary N) is 1. The van der Waals surface area contributed by atoms with Crippen molar-refractivity contribution in [3.63, 3.8) is 0 Å². The molecule has 4 nitrogen and oxygen atoms in total. The van der Waals surface area contributed by atoms with E-state index in [4.69, 9.17) is 5.73 Å². The molecule has 4 N–H and O–H groups in total. The van der Waals surface area contributed by atoms with Crippen LogP contribution >= 0.6 is 0 Å². The summed E-state index contributed by atoms with van der Waals surface area (Å²) in [6, 6.07) is 4.78. The molecular weight excluding hydrogens is 216 g/mol. The molecule has 0 aromatic heterocycles. The van der Waals surface area contributed by atoms with Gasteiger partial charge in [-0.1, -0.05) is 32.8 Å². The predicted octanol–water partition coefficient (Wildman–Crippen LogP) is 2.14. The molecule has 1 aromatic carbocycles. The standard InChI is InChI=1S/C13H20N2O2/c1-3-9(4-2)8-15-13(17)10-6-5-7-11(14)12(10)16/h5-7,9,16H,3-4,8,14H2,1-2H3,(H,15,17). The van der Waals surface area contributed by atoms with Gasteiger partial charge >= 0.3 is 0 Å². The normalized spacial score (nSPS) is 10.5. The largest absolute Gasteiger partial charge is 0.505 e. The van der Waals surface area contributed by atoms with Crippen molar-refractivity contribution in [2.75, 3.05) is 12.3 Å². The molecule has 17 heavy (non-hydrogen) atoms. The molecule has 1 rings (SSSR count). The number of hydrogen-bond acceptors (Lipinski definition) is 3. The lowest BCUT2D eigenvalue weighted by Gasteiger charge is -2.14. The van der Waals surface area contributed by atoms with Crippen LogP contribution in [0.25, 0.3) is 0 Å². The molecule has 0 saturated heterocycles. The Balaban J connectivity index is 2.67. The van der Waals surface area contributed by atoms with Crippen LogP contribution in [-0.2, 0) is 0 Å². The first-order valence-corrected chi connectivity index (χ1v) is 5.95. The molecule has 0 bridgehead atoms. The molecule has 0 heterocycles. The van der Waals surface area contributed by atoms with Crippen molar-refractivity contribution in [2.45, 2.75) is 26.7 Å². The Morgan fingerprint density at radius 2 is 2.06 bits per heavy atom. The first kappa shape index (κ1) is 13.4. The van der Waals surface area contributed by atoms with Gasteiger partial charge in [-0.15, -0.1) is 0 Å². The number of carbonyl (C=O) groups excluding carboxylic acids is 1. The van der Waals surface area contributed by atoms with Gasteiger partial charge in [-0.2, -0.15) is 0 Å². The Bertz CT molecular complexity index is 387. The Kier molecular flexibility index (Phi) is 4.82. The molecule has 0 unspecified atom stereocenters. The number of anilines is 1. The number of aromatic hydroxyl groups is 1. The monoisotopic (exact) mass is 236 g/mol. The number of phenols is 1. The van der Waals surface area contributed by atoms with E-state index in [1.54, 1.807) is 18.2 Å². The van der Waals surface area contributed by atoms with Crippen LogP contribution in [0.4, 0.5) is 5.69 Å². The number of phenolic OH excluding ortho intramolecular Hbond substituents is 1. The van der Waals surface area contributed by atoms with Gasteiger partial charge in [-0.25, -0.2) is 0 Å². The molecule has 0 atom stereocenters. The van der Waals surface area contributed by atoms with Crippen LogP contribution in [0.5, 0.6) is 5.75 Å². The second-order valence-corrected chi connectivity index (χ2v) is 4.14. The van der Waals surface area contributed by atoms with Gasteiger partial charge in [-0.05, 0) is 18.1 Å². The number of rotatable bonds is 5. The second-order valence-electron chi connectivity index (χ2n) is 4.14. The molecule has 0 saturated carbocycles. The first-order chi connectivity index (χ1) is 8.10. The summed E-state index contributed by atoms with van der Waals surface area (Å²) in [5.41, 5.74) is 5.99. The van der Waals surface area contributed by atoms with Gasteiger partial charge in [0.1, 0.15) is 0 Å². The molecule has 0 spiro atoms. The molecule has 94 valence electrons. The molecule has 0 fully saturated rings. The first-order valence-electron chi connectivity index (χ1n) is 5.95. The van der Waals surface area contributed by atoms with Crippen molar-refractivity contribution in [2.24, 2.45) is 5.92 Å². The maximum absolute atomic E-state index is 11.8. The second kappa shape index (κ2) is 6.13. The number of benzene rings is 1. The number of nitrogen functional groups attached to an aromatic ring is 1. The van der Waals surface area contributed by atoms with Crippen LogP contribution in [0, 0.1) is 5.92 Å². The van der Waals surface area contributed by atoms with Gasteiger partial charge in [-0.3, -0.25) is 4.79 Å². The smallest absolute Gasteiger partial charge is 0.255 e. The van der Waals surface area contributed by atoms with Gasteiger partial charge < -0.3 is 16.2 Å². The number of hydrogen-bond donors (Lipinski definition) is 3. The van der Waals surface area contributed by atoms with E-state index in [1.165, 1.54) is 0 Å². The predicted molar refractivity (Wildman–Crippen MR) is 68.9 cm³/mol. The average molecular weight is 236 g/mol. The lowest BCUT2D eigenvalue weighted by molar-refractivity contribution is 0.0944. The summed E-state index contributed by atoms with van der Waals surface area (Å²) < 4.78 is 0. The third-order valence-corrected chi connectivity index (χ3v) is 3.02. The van der Waals surface area contributed by atoms with Gasteiger partial charge in [0.15, 0.2) is 5.75 Å². The fourth-order valence-corrected chi connectivity index (χ4v) is 1.65. The molecule has 4 heteroatoms. The van der Waals surface area contributed by atoms with Crippen molar-refractivity contribution >= 4 is 11.6 Å². The fourth-order valence-electron chi connectivity index (χ4n) is 1.65. The van der Waals surface area contributed by atoms with Crippen LogP contribution in [-0.4, -0.2) is 17.6 Å². The minimum Gasteiger partial charge on any atom is -0.505 e. The Morgan fingerprint density at radius 1 is 1.41 bits per heavy atom. The summed E-state index contributed by atoms with van der Waals surface area (Å²) in [5, 5.41) is 12.5. The number of nitrogens with two attached hydrogens (primary N) is 1. The summed E-state index contributed by atoms with van der Waals surface area (Å²) in [6.45, 7) is 4.82. The van der Waals surface area contributed by atoms with Crippen molar-refractivity contribution in [1.29, 1.82) is 0 Å². The quantitative estimate of drug-likeness (QED) is 0.541. The summed E-state index contributed by atoms with van der Waals surface area (Å²) in [5.74, 6) is 0.0541. The molecule has 0 aliphatic heterocycles. The lowest BCUT2D eigenvalue weighted by Crippen LogP contribution is -2.29. The summed E-state index contributed by atoms with van der Waals surface area (Å²) in [7, 11) is 0. The average Bonchev–Trinajstić information content (AvgIpc) is 2.33. The van der Waals surface area contributed by atoms with E-state index < -0.39 is 0 Å². The van der Waals surface area contributed by atoms with E-state index in [0.717, 1.165) is 12.8 Å². The summed E-state index contributed by atoms with van der Waals surface area (Å²) >= 11 is 0. The van der Waals surface area contributed by atoms with Crippen LogP contribution < -0.4 is 11.1 Å². The number of carbonyl (C=O) groups is 1. The molecule has 1 aromatic rings. The Hall–Kier alpha value is -1.71. The maximum Gasteiger partial charge on any atom is 0.255 e. The van der Waals surface area contributed by atoms with E-state index in [9.17, 15) is 9.90 Å². The fraction of sp³-hybridized carbons (Fsp3) is 0.462. The third kappa shape index (κ3) is 3.37. The minimum absolute atomic E-state index is 0.144. The van der Waals surface area contributed by atoms with Gasteiger partial charge in [0.05, 0.1) is 11.3 Å². The van der Waals surface area contributed by atoms with Crippen LogP contribution in [0.1, 0.15) is 37.0 Å². The zero-order valence-electron chi connectivity index (χ0n) is 10.4. The minimum atomic E-state index is -0.276. The SMILES string of the molecule is CCC(CC)CNC(=O)c1cccc(N)c1O. The highest BCUT2D eigenvalue weighted by Crippen LogP contribution is 2.24. The zero-order chi connectivity index (χ0) is 12.8. The highest BCUT2D eigenvalue weighted by molar-refractivity contribution is 5.98. The maximum atomic E-state index is 11.8. The van der Waals surface area contributed by atoms with Crippen LogP contribution in [0.2, 0.25) is 0 Å². The van der Waals surface area contributed by atoms with Crippen LogP contribution in [0.15, 0.2) is 18.2 Å². The highest BCUT2D eigenvalue weighted by atomic mass is 16.3. The molecular formula is C13H20N2O2. The topological polar surface area (TPSA) is 75.4 Å².